The fraction of sp³-hybridized carbons (Fsp3) is 0.250. The lowest BCUT2D eigenvalue weighted by molar-refractivity contribution is 0.560. The van der Waals surface area contributed by atoms with Crippen LogP contribution in [-0.4, -0.2) is 0 Å². The summed E-state index contributed by atoms with van der Waals surface area (Å²) in [6.45, 7) is 4.18. The molecule has 2 nitrogen and oxygen atoms in total. The lowest BCUT2D eigenvalue weighted by Crippen LogP contribution is -1.97. The summed E-state index contributed by atoms with van der Waals surface area (Å²) in [5, 5.41) is 1.05. The molecule has 0 atom stereocenters. The summed E-state index contributed by atoms with van der Waals surface area (Å²) in [6, 6.07) is 7.16. The van der Waals surface area contributed by atoms with Gasteiger partial charge < -0.3 is 4.42 Å². The van der Waals surface area contributed by atoms with E-state index < -0.39 is 0 Å². The molecule has 1 heterocycles. The number of hydrogen-bond donors (Lipinski definition) is 0. The summed E-state index contributed by atoms with van der Waals surface area (Å²) in [5.41, 5.74) is 2.89. The van der Waals surface area contributed by atoms with Crippen molar-refractivity contribution in [2.75, 3.05) is 0 Å². The van der Waals surface area contributed by atoms with E-state index in [0.29, 0.717) is 5.58 Å². The SMILES string of the molecule is CCc1c(C)ccc2oc(=O)ccc12. The van der Waals surface area contributed by atoms with Gasteiger partial charge in [0, 0.05) is 11.5 Å². The first-order valence-electron chi connectivity index (χ1n) is 4.74. The lowest BCUT2D eigenvalue weighted by Gasteiger charge is -2.05. The smallest absolute Gasteiger partial charge is 0.336 e. The number of benzene rings is 1. The molecule has 0 radical (unpaired) electrons. The van der Waals surface area contributed by atoms with E-state index in [2.05, 4.69) is 13.8 Å². The molecule has 14 heavy (non-hydrogen) atoms. The molecule has 2 aromatic rings. The van der Waals surface area contributed by atoms with Crippen LogP contribution in [0.3, 0.4) is 0 Å². The van der Waals surface area contributed by atoms with Crippen LogP contribution in [0.5, 0.6) is 0 Å². The molecule has 0 fully saturated rings. The quantitative estimate of drug-likeness (QED) is 0.644. The first-order chi connectivity index (χ1) is 6.72. The lowest BCUT2D eigenvalue weighted by atomic mass is 10.0. The third kappa shape index (κ3) is 1.33. The van der Waals surface area contributed by atoms with Crippen LogP contribution < -0.4 is 5.63 Å². The molecule has 0 aliphatic carbocycles. The van der Waals surface area contributed by atoms with Crippen LogP contribution in [0.1, 0.15) is 18.1 Å². The zero-order valence-corrected chi connectivity index (χ0v) is 8.33. The van der Waals surface area contributed by atoms with Crippen molar-refractivity contribution >= 4 is 11.0 Å². The average molecular weight is 188 g/mol. The van der Waals surface area contributed by atoms with Crippen molar-refractivity contribution in [3.63, 3.8) is 0 Å². The molecule has 0 unspecified atom stereocenters. The Bertz CT molecular complexity index is 523. The summed E-state index contributed by atoms with van der Waals surface area (Å²) < 4.78 is 5.10. The maximum Gasteiger partial charge on any atom is 0.336 e. The number of rotatable bonds is 1. The van der Waals surface area contributed by atoms with Gasteiger partial charge in [0.05, 0.1) is 0 Å². The number of hydrogen-bond acceptors (Lipinski definition) is 2. The van der Waals surface area contributed by atoms with Crippen molar-refractivity contribution in [3.8, 4) is 0 Å². The van der Waals surface area contributed by atoms with Gasteiger partial charge in [0.25, 0.3) is 0 Å². The van der Waals surface area contributed by atoms with Crippen LogP contribution in [0.25, 0.3) is 11.0 Å². The van der Waals surface area contributed by atoms with Gasteiger partial charge in [-0.3, -0.25) is 0 Å². The van der Waals surface area contributed by atoms with Gasteiger partial charge in [-0.05, 0) is 36.6 Å². The van der Waals surface area contributed by atoms with E-state index in [1.165, 1.54) is 17.2 Å². The third-order valence-electron chi connectivity index (χ3n) is 2.50. The van der Waals surface area contributed by atoms with Gasteiger partial charge in [-0.2, -0.15) is 0 Å². The normalized spacial score (nSPS) is 10.7. The maximum atomic E-state index is 11.0. The second-order valence-corrected chi connectivity index (χ2v) is 3.38. The van der Waals surface area contributed by atoms with Gasteiger partial charge in [-0.1, -0.05) is 13.0 Å². The monoisotopic (exact) mass is 188 g/mol. The van der Waals surface area contributed by atoms with E-state index in [1.54, 1.807) is 0 Å². The molecule has 72 valence electrons. The predicted molar refractivity (Wildman–Crippen MR) is 56.6 cm³/mol. The zero-order chi connectivity index (χ0) is 10.1. The van der Waals surface area contributed by atoms with E-state index in [-0.39, 0.29) is 5.63 Å². The molecule has 0 amide bonds. The third-order valence-corrected chi connectivity index (χ3v) is 2.50. The molecule has 0 N–H and O–H groups in total. The number of aryl methyl sites for hydroxylation is 2. The molecule has 2 heteroatoms. The summed E-state index contributed by atoms with van der Waals surface area (Å²) in [6.07, 6.45) is 0.955. The molecular weight excluding hydrogens is 176 g/mol. The van der Waals surface area contributed by atoms with Gasteiger partial charge in [-0.15, -0.1) is 0 Å². The Kier molecular flexibility index (Phi) is 2.12. The van der Waals surface area contributed by atoms with E-state index in [1.807, 2.05) is 18.2 Å². The summed E-state index contributed by atoms with van der Waals surface area (Å²) >= 11 is 0. The fourth-order valence-corrected chi connectivity index (χ4v) is 1.79. The van der Waals surface area contributed by atoms with Gasteiger partial charge in [0.1, 0.15) is 5.58 Å². The fourth-order valence-electron chi connectivity index (χ4n) is 1.79. The predicted octanol–water partition coefficient (Wildman–Crippen LogP) is 2.66. The van der Waals surface area contributed by atoms with Crippen molar-refractivity contribution in [2.24, 2.45) is 0 Å². The van der Waals surface area contributed by atoms with Crippen LogP contribution in [0.4, 0.5) is 0 Å². The van der Waals surface area contributed by atoms with Crippen LogP contribution in [0.2, 0.25) is 0 Å². The van der Waals surface area contributed by atoms with Crippen LogP contribution in [0.15, 0.2) is 33.5 Å². The topological polar surface area (TPSA) is 30.2 Å². The van der Waals surface area contributed by atoms with Crippen LogP contribution >= 0.6 is 0 Å². The highest BCUT2D eigenvalue weighted by atomic mass is 16.4. The summed E-state index contributed by atoms with van der Waals surface area (Å²) in [5.74, 6) is 0. The Hall–Kier alpha value is -1.57. The molecule has 2 rings (SSSR count). The van der Waals surface area contributed by atoms with Gasteiger partial charge in [-0.25, -0.2) is 4.79 Å². The Labute approximate surface area is 82.2 Å². The molecule has 1 aromatic heterocycles. The van der Waals surface area contributed by atoms with Crippen molar-refractivity contribution in [1.82, 2.24) is 0 Å². The maximum absolute atomic E-state index is 11.0. The number of fused-ring (bicyclic) bond motifs is 1. The van der Waals surface area contributed by atoms with Gasteiger partial charge >= 0.3 is 5.63 Å². The van der Waals surface area contributed by atoms with Crippen LogP contribution in [-0.2, 0) is 6.42 Å². The molecular formula is C12H12O2. The van der Waals surface area contributed by atoms with E-state index >= 15 is 0 Å². The van der Waals surface area contributed by atoms with Crippen LogP contribution in [0, 0.1) is 6.92 Å². The minimum atomic E-state index is -0.289. The minimum absolute atomic E-state index is 0.289. The Morgan fingerprint density at radius 1 is 1.21 bits per heavy atom. The first-order valence-corrected chi connectivity index (χ1v) is 4.74. The standard InChI is InChI=1S/C12H12O2/c1-3-9-8(2)4-6-11-10(9)5-7-12(13)14-11/h4-7H,3H2,1-2H3. The van der Waals surface area contributed by atoms with Crippen molar-refractivity contribution < 1.29 is 4.42 Å². The Morgan fingerprint density at radius 2 is 2.00 bits per heavy atom. The van der Waals surface area contributed by atoms with Crippen molar-refractivity contribution in [1.29, 1.82) is 0 Å². The molecule has 0 aliphatic heterocycles. The Balaban J connectivity index is 2.88. The highest BCUT2D eigenvalue weighted by molar-refractivity contribution is 5.81. The van der Waals surface area contributed by atoms with E-state index in [9.17, 15) is 4.79 Å². The Morgan fingerprint density at radius 3 is 2.71 bits per heavy atom. The van der Waals surface area contributed by atoms with Gasteiger partial charge in [0.15, 0.2) is 0 Å². The van der Waals surface area contributed by atoms with Crippen molar-refractivity contribution in [2.45, 2.75) is 20.3 Å². The van der Waals surface area contributed by atoms with Crippen molar-refractivity contribution in [3.05, 3.63) is 45.8 Å². The molecule has 0 spiro atoms. The molecule has 0 aliphatic rings. The average Bonchev–Trinajstić information content (AvgIpc) is 2.18. The van der Waals surface area contributed by atoms with Gasteiger partial charge in [0.2, 0.25) is 0 Å². The molecule has 0 bridgehead atoms. The second kappa shape index (κ2) is 3.29. The van der Waals surface area contributed by atoms with E-state index in [4.69, 9.17) is 4.42 Å². The highest BCUT2D eigenvalue weighted by Gasteiger charge is 2.04. The summed E-state index contributed by atoms with van der Waals surface area (Å²) in [4.78, 5) is 11.0. The molecule has 0 saturated carbocycles. The largest absolute Gasteiger partial charge is 0.423 e. The van der Waals surface area contributed by atoms with E-state index in [0.717, 1.165) is 11.8 Å². The highest BCUT2D eigenvalue weighted by Crippen LogP contribution is 2.21. The first kappa shape index (κ1) is 9.00. The second-order valence-electron chi connectivity index (χ2n) is 3.38. The summed E-state index contributed by atoms with van der Waals surface area (Å²) in [7, 11) is 0. The molecule has 0 saturated heterocycles. The minimum Gasteiger partial charge on any atom is -0.423 e. The zero-order valence-electron chi connectivity index (χ0n) is 8.33. The molecule has 1 aromatic carbocycles.